The average Bonchev–Trinajstić information content (AvgIpc) is 0.798. The van der Waals surface area contributed by atoms with Crippen LogP contribution in [0.15, 0.2) is 303 Å². The topological polar surface area (TPSA) is 51.6 Å². The van der Waals surface area contributed by atoms with Crippen LogP contribution in [0, 0.1) is 69.2 Å². The second-order valence-electron chi connectivity index (χ2n) is 39.0. The molecule has 0 aliphatic carbocycles. The minimum atomic E-state index is 1.02. The highest BCUT2D eigenvalue weighted by molar-refractivity contribution is 5.82. The van der Waals surface area contributed by atoms with E-state index in [1.165, 1.54) is 337 Å². The summed E-state index contributed by atoms with van der Waals surface area (Å²) in [4.78, 5) is 20.3. The van der Waals surface area contributed by atoms with Gasteiger partial charge in [0.05, 0.1) is 45.6 Å². The molecule has 0 saturated carbocycles. The molecule has 4 aromatic heterocycles. The molecule has 0 atom stereocenters. The molecule has 0 bridgehead atoms. The molecule has 136 heavy (non-hydrogen) atoms. The van der Waals surface area contributed by atoms with Gasteiger partial charge in [0.1, 0.15) is 0 Å². The van der Waals surface area contributed by atoms with Crippen LogP contribution in [0.5, 0.6) is 0 Å². The molecule has 0 N–H and O–H groups in total. The molecule has 11 aromatic carbocycles. The molecule has 0 fully saturated rings. The summed E-state index contributed by atoms with van der Waals surface area (Å²) in [5.41, 5.74) is 43.5. The maximum absolute atomic E-state index is 5.16. The molecule has 0 unspecified atom stereocenters. The number of rotatable bonds is 43. The molecular formula is C132H156N4. The van der Waals surface area contributed by atoms with E-state index in [0.29, 0.717) is 0 Å². The van der Waals surface area contributed by atoms with Crippen LogP contribution in [0.25, 0.3) is 123 Å². The maximum Gasteiger partial charge on any atom is 0.0718 e. The third kappa shape index (κ3) is 33.2. The molecule has 0 aliphatic rings. The fourth-order valence-corrected chi connectivity index (χ4v) is 18.4. The van der Waals surface area contributed by atoms with E-state index in [1.807, 2.05) is 0 Å². The van der Waals surface area contributed by atoms with Gasteiger partial charge >= 0.3 is 0 Å². The van der Waals surface area contributed by atoms with Gasteiger partial charge in [0, 0.05) is 44.5 Å². The first-order chi connectivity index (χ1) is 66.3. The van der Waals surface area contributed by atoms with Gasteiger partial charge in [0.15, 0.2) is 0 Å². The SMILES string of the molecule is CCCCCCCCCCCCc1ccc(-c2cc(-c3ccc(C)cc3)nc(-c3ccc(C)cc3)c2)cc1.CCCCCCCCCCCCc1ccc(-c2cc(-c3cccc(C)c3)nc(-c3cccc(C)c3)c2)cc1.CCCCCCc1cc(-c2ccc(C)cc2)nc(-c2ccc(C)cc2)c1.CCCCCCc1ccc(-c2cc(-c3ccc(C)cc3C)nc(-c3ccc(C)cc3C)c2)cc1. The molecule has 0 spiro atoms. The minimum absolute atomic E-state index is 1.02. The largest absolute Gasteiger partial charge is 0.248 e. The molecule has 704 valence electrons. The van der Waals surface area contributed by atoms with Crippen molar-refractivity contribution >= 4 is 0 Å². The van der Waals surface area contributed by atoms with Crippen molar-refractivity contribution in [3.63, 3.8) is 0 Å². The first kappa shape index (κ1) is 103. The summed E-state index contributed by atoms with van der Waals surface area (Å²) in [5.74, 6) is 0. The number of unbranched alkanes of at least 4 members (excludes halogenated alkanes) is 24. The van der Waals surface area contributed by atoms with Crippen LogP contribution in [0.3, 0.4) is 0 Å². The number of benzene rings is 11. The highest BCUT2D eigenvalue weighted by Crippen LogP contribution is 2.38. The Hall–Kier alpha value is -12.0. The number of hydrogen-bond donors (Lipinski definition) is 0. The first-order valence-electron chi connectivity index (χ1n) is 52.3. The van der Waals surface area contributed by atoms with Crippen LogP contribution < -0.4 is 0 Å². The summed E-state index contributed by atoms with van der Waals surface area (Å²) in [5, 5.41) is 0. The Kier molecular flexibility index (Phi) is 41.9. The van der Waals surface area contributed by atoms with Gasteiger partial charge in [-0.15, -0.1) is 0 Å². The molecule has 15 aromatic rings. The van der Waals surface area contributed by atoms with Crippen LogP contribution in [0.1, 0.15) is 285 Å². The number of aromatic nitrogens is 4. The predicted octanol–water partition coefficient (Wildman–Crippen LogP) is 38.9. The lowest BCUT2D eigenvalue weighted by atomic mass is 9.95. The van der Waals surface area contributed by atoms with E-state index < -0.39 is 0 Å². The van der Waals surface area contributed by atoms with Crippen LogP contribution in [0.2, 0.25) is 0 Å². The zero-order valence-electron chi connectivity index (χ0n) is 85.3. The van der Waals surface area contributed by atoms with Gasteiger partial charge in [-0.25, -0.2) is 19.9 Å². The summed E-state index contributed by atoms with van der Waals surface area (Å²) >= 11 is 0. The van der Waals surface area contributed by atoms with Gasteiger partial charge in [-0.3, -0.25) is 0 Å². The third-order valence-corrected chi connectivity index (χ3v) is 26.8. The molecule has 0 saturated heterocycles. The zero-order chi connectivity index (χ0) is 95.6. The zero-order valence-corrected chi connectivity index (χ0v) is 85.3. The highest BCUT2D eigenvalue weighted by Gasteiger charge is 2.18. The lowest BCUT2D eigenvalue weighted by Gasteiger charge is -2.14. The van der Waals surface area contributed by atoms with Crippen LogP contribution in [0.4, 0.5) is 0 Å². The van der Waals surface area contributed by atoms with Gasteiger partial charge in [-0.2, -0.15) is 0 Å². The summed E-state index contributed by atoms with van der Waals surface area (Å²) < 4.78 is 0. The summed E-state index contributed by atoms with van der Waals surface area (Å²) in [7, 11) is 0. The van der Waals surface area contributed by atoms with Crippen LogP contribution in [-0.2, 0) is 25.7 Å². The van der Waals surface area contributed by atoms with E-state index in [-0.39, 0.29) is 0 Å². The Morgan fingerprint density at radius 1 is 0.147 bits per heavy atom. The monoisotopic (exact) mass is 1800 g/mol. The Labute approximate surface area is 821 Å². The molecule has 4 heterocycles. The lowest BCUT2D eigenvalue weighted by Crippen LogP contribution is -1.95. The standard InChI is InChI=1S/2C37H45N.C33H37N.C25H29N/c1-4-5-6-7-8-9-10-11-12-13-18-31-21-23-32(24-22-31)35-27-36(33-19-14-16-29(2)25-33)38-37(28-35)34-20-15-17-30(3)26-34;1-4-5-6-7-8-9-10-11-12-13-14-31-19-25-32(26-20-31)35-27-36(33-21-15-29(2)16-22-33)38-37(28-35)34-23-17-30(3)18-24-34;1-6-7-8-9-10-27-13-15-28(16-14-27)29-21-32(30-17-11-23(2)19-25(30)4)34-33(22-29)31-18-12-24(3)20-26(31)5;1-4-5-6-7-8-21-17-24(22-13-9-19(2)10-14-22)26-25(18-21)23-15-11-20(3)12-16-23/h14-17,19-28H,4-13,18H2,1-3H3;15-28H,4-14H2,1-3H3;11-22H,6-10H2,1-5H3;9-18H,4-8H2,1-3H3. The Balaban J connectivity index is 0.000000164. The molecule has 0 amide bonds. The Morgan fingerprint density at radius 2 is 0.360 bits per heavy atom. The van der Waals surface area contributed by atoms with Crippen LogP contribution in [-0.4, -0.2) is 19.9 Å². The van der Waals surface area contributed by atoms with Crippen molar-refractivity contribution in [3.8, 4) is 123 Å². The molecule has 0 radical (unpaired) electrons. The van der Waals surface area contributed by atoms with E-state index >= 15 is 0 Å². The van der Waals surface area contributed by atoms with Crippen molar-refractivity contribution in [1.29, 1.82) is 0 Å². The fourth-order valence-electron chi connectivity index (χ4n) is 18.4. The summed E-state index contributed by atoms with van der Waals surface area (Å²) in [6.45, 7) is 30.5. The molecular weight excluding hydrogens is 1640 g/mol. The predicted molar refractivity (Wildman–Crippen MR) is 591 cm³/mol. The molecule has 0 aliphatic heterocycles. The molecule has 4 heteroatoms. The van der Waals surface area contributed by atoms with Crippen molar-refractivity contribution in [2.45, 2.75) is 302 Å². The van der Waals surface area contributed by atoms with Gasteiger partial charge in [0.2, 0.25) is 0 Å². The van der Waals surface area contributed by atoms with Crippen molar-refractivity contribution in [3.05, 3.63) is 381 Å². The highest BCUT2D eigenvalue weighted by atomic mass is 14.7. The number of pyridine rings is 4. The average molecular weight is 1800 g/mol. The normalized spacial score (nSPS) is 11.1. The van der Waals surface area contributed by atoms with Crippen molar-refractivity contribution in [2.75, 3.05) is 0 Å². The summed E-state index contributed by atoms with van der Waals surface area (Å²) in [6.07, 6.45) is 42.7. The smallest absolute Gasteiger partial charge is 0.0718 e. The quantitative estimate of drug-likeness (QED) is 0.0357. The lowest BCUT2D eigenvalue weighted by molar-refractivity contribution is 0.556. The van der Waals surface area contributed by atoms with E-state index in [1.54, 1.807) is 0 Å². The van der Waals surface area contributed by atoms with E-state index in [9.17, 15) is 0 Å². The Bertz CT molecular complexity index is 5830. The van der Waals surface area contributed by atoms with Gasteiger partial charge in [-0.05, 0) is 248 Å². The Morgan fingerprint density at radius 3 is 0.632 bits per heavy atom. The molecule has 4 nitrogen and oxygen atoms in total. The fraction of sp³-hybridized carbons (Fsp3) is 0.348. The van der Waals surface area contributed by atoms with E-state index in [2.05, 4.69) is 400 Å². The second kappa shape index (κ2) is 55.3. The van der Waals surface area contributed by atoms with E-state index in [0.717, 1.165) is 69.5 Å². The van der Waals surface area contributed by atoms with Crippen LogP contribution >= 0.6 is 0 Å². The van der Waals surface area contributed by atoms with Crippen molar-refractivity contribution in [2.24, 2.45) is 0 Å². The number of aryl methyl sites for hydroxylation is 14. The maximum atomic E-state index is 5.16. The third-order valence-electron chi connectivity index (χ3n) is 26.8. The second-order valence-corrected chi connectivity index (χ2v) is 39.0. The first-order valence-corrected chi connectivity index (χ1v) is 52.3. The van der Waals surface area contributed by atoms with E-state index in [4.69, 9.17) is 19.9 Å². The number of hydrogen-bond acceptors (Lipinski definition) is 4. The number of nitrogens with zero attached hydrogens (tertiary/aromatic N) is 4. The molecule has 15 rings (SSSR count). The minimum Gasteiger partial charge on any atom is -0.248 e. The van der Waals surface area contributed by atoms with Crippen molar-refractivity contribution in [1.82, 2.24) is 19.9 Å². The van der Waals surface area contributed by atoms with Crippen molar-refractivity contribution < 1.29 is 0 Å². The summed E-state index contributed by atoms with van der Waals surface area (Å²) in [6, 6.07) is 111. The van der Waals surface area contributed by atoms with Gasteiger partial charge < -0.3 is 0 Å². The van der Waals surface area contributed by atoms with Gasteiger partial charge in [-0.1, -0.05) is 469 Å². The van der Waals surface area contributed by atoms with Gasteiger partial charge in [0.25, 0.3) is 0 Å².